The third-order valence-electron chi connectivity index (χ3n) is 3.38. The summed E-state index contributed by atoms with van der Waals surface area (Å²) in [6, 6.07) is 0. The molecule has 0 aromatic carbocycles. The van der Waals surface area contributed by atoms with Gasteiger partial charge in [-0.1, -0.05) is 27.7 Å². The Bertz CT molecular complexity index is 263. The van der Waals surface area contributed by atoms with Crippen molar-refractivity contribution in [3.63, 3.8) is 0 Å². The Morgan fingerprint density at radius 3 is 1.88 bits per heavy atom. The van der Waals surface area contributed by atoms with Crippen molar-refractivity contribution in [2.75, 3.05) is 0 Å². The van der Waals surface area contributed by atoms with Crippen LogP contribution in [-0.4, -0.2) is 21.8 Å². The summed E-state index contributed by atoms with van der Waals surface area (Å²) >= 11 is 0. The Balaban J connectivity index is 2.75. The second kappa shape index (κ2) is 4.02. The van der Waals surface area contributed by atoms with Crippen molar-refractivity contribution in [2.45, 2.75) is 65.4 Å². The number of hydrogen-bond acceptors (Lipinski definition) is 2. The van der Waals surface area contributed by atoms with E-state index in [2.05, 4.69) is 27.7 Å². The molecule has 94 valence electrons. The van der Waals surface area contributed by atoms with Gasteiger partial charge in [0.25, 0.3) is 0 Å². The van der Waals surface area contributed by atoms with Crippen molar-refractivity contribution < 1.29 is 15.0 Å². The molecule has 1 aliphatic rings. The fraction of sp³-hybridized carbons (Fsp3) is 0.923. The third kappa shape index (κ3) is 3.78. The van der Waals surface area contributed by atoms with Crippen LogP contribution in [0.25, 0.3) is 0 Å². The van der Waals surface area contributed by atoms with E-state index < -0.39 is 11.6 Å². The Labute approximate surface area is 97.9 Å². The van der Waals surface area contributed by atoms with E-state index in [0.29, 0.717) is 19.3 Å². The molecular weight excluding hydrogens is 204 g/mol. The normalized spacial score (nSPS) is 26.3. The number of carbonyl (C=O) groups is 1. The lowest BCUT2D eigenvalue weighted by Gasteiger charge is -2.49. The van der Waals surface area contributed by atoms with Crippen LogP contribution in [0.3, 0.4) is 0 Å². The predicted molar refractivity (Wildman–Crippen MR) is 63.2 cm³/mol. The molecule has 0 aliphatic heterocycles. The SMILES string of the molecule is CC1(C)CC(C)(C)CC(O)(CCC(=O)O)C1. The van der Waals surface area contributed by atoms with Crippen molar-refractivity contribution in [1.29, 1.82) is 0 Å². The highest BCUT2D eigenvalue weighted by molar-refractivity contribution is 5.66. The molecule has 16 heavy (non-hydrogen) atoms. The Hall–Kier alpha value is -0.570. The number of carboxylic acids is 1. The average Bonchev–Trinajstić information content (AvgIpc) is 1.93. The monoisotopic (exact) mass is 228 g/mol. The van der Waals surface area contributed by atoms with E-state index in [1.807, 2.05) is 0 Å². The van der Waals surface area contributed by atoms with Gasteiger partial charge in [-0.25, -0.2) is 0 Å². The zero-order valence-electron chi connectivity index (χ0n) is 10.8. The van der Waals surface area contributed by atoms with Gasteiger partial charge in [-0.2, -0.15) is 0 Å². The average molecular weight is 228 g/mol. The first kappa shape index (κ1) is 13.5. The lowest BCUT2D eigenvalue weighted by molar-refractivity contribution is -0.141. The Morgan fingerprint density at radius 2 is 1.50 bits per heavy atom. The molecule has 1 rings (SSSR count). The summed E-state index contributed by atoms with van der Waals surface area (Å²) in [6.45, 7) is 8.61. The minimum atomic E-state index is -0.824. The summed E-state index contributed by atoms with van der Waals surface area (Å²) < 4.78 is 0. The molecule has 0 amide bonds. The second-order valence-electron chi connectivity index (χ2n) is 6.98. The summed E-state index contributed by atoms with van der Waals surface area (Å²) in [4.78, 5) is 10.6. The molecular formula is C13H24O3. The highest BCUT2D eigenvalue weighted by atomic mass is 16.4. The molecule has 1 fully saturated rings. The van der Waals surface area contributed by atoms with E-state index in [1.54, 1.807) is 0 Å². The Morgan fingerprint density at radius 1 is 1.06 bits per heavy atom. The quantitative estimate of drug-likeness (QED) is 0.781. The topological polar surface area (TPSA) is 57.5 Å². The zero-order chi connectivity index (χ0) is 12.6. The highest BCUT2D eigenvalue weighted by Crippen LogP contribution is 2.51. The molecule has 0 heterocycles. The highest BCUT2D eigenvalue weighted by Gasteiger charge is 2.46. The van der Waals surface area contributed by atoms with Crippen LogP contribution in [0, 0.1) is 10.8 Å². The molecule has 0 bridgehead atoms. The van der Waals surface area contributed by atoms with Gasteiger partial charge in [0.05, 0.1) is 5.60 Å². The maximum Gasteiger partial charge on any atom is 0.303 e. The molecule has 0 saturated heterocycles. The minimum Gasteiger partial charge on any atom is -0.481 e. The standard InChI is InChI=1S/C13H24O3/c1-11(2)7-12(3,4)9-13(16,8-11)6-5-10(14)15/h16H,5-9H2,1-4H3,(H,14,15). The molecule has 3 nitrogen and oxygen atoms in total. The van der Waals surface area contributed by atoms with Gasteiger partial charge >= 0.3 is 5.97 Å². The lowest BCUT2D eigenvalue weighted by Crippen LogP contribution is -2.46. The van der Waals surface area contributed by atoms with E-state index >= 15 is 0 Å². The maximum absolute atomic E-state index is 10.6. The molecule has 0 unspecified atom stereocenters. The first-order valence-corrected chi connectivity index (χ1v) is 5.98. The second-order valence-corrected chi connectivity index (χ2v) is 6.98. The molecule has 0 spiro atoms. The molecule has 1 aliphatic carbocycles. The molecule has 0 aromatic heterocycles. The van der Waals surface area contributed by atoms with Gasteiger partial charge in [0.15, 0.2) is 0 Å². The Kier molecular flexibility index (Phi) is 3.39. The molecule has 0 radical (unpaired) electrons. The lowest BCUT2D eigenvalue weighted by atomic mass is 9.59. The molecule has 0 aromatic rings. The van der Waals surface area contributed by atoms with Gasteiger partial charge in [0, 0.05) is 6.42 Å². The molecule has 1 saturated carbocycles. The number of aliphatic hydroxyl groups is 1. The van der Waals surface area contributed by atoms with Crippen LogP contribution in [0.2, 0.25) is 0 Å². The van der Waals surface area contributed by atoms with Gasteiger partial charge in [0.1, 0.15) is 0 Å². The van der Waals surface area contributed by atoms with Gasteiger partial charge < -0.3 is 10.2 Å². The number of carboxylic acid groups (broad SMARTS) is 1. The zero-order valence-corrected chi connectivity index (χ0v) is 10.8. The smallest absolute Gasteiger partial charge is 0.303 e. The summed E-state index contributed by atoms with van der Waals surface area (Å²) in [5.74, 6) is -0.824. The molecule has 2 N–H and O–H groups in total. The molecule has 3 heteroatoms. The first-order valence-electron chi connectivity index (χ1n) is 5.98. The van der Waals surface area contributed by atoms with E-state index in [0.717, 1.165) is 6.42 Å². The van der Waals surface area contributed by atoms with E-state index in [-0.39, 0.29) is 17.3 Å². The van der Waals surface area contributed by atoms with Gasteiger partial charge in [-0.3, -0.25) is 4.79 Å². The third-order valence-corrected chi connectivity index (χ3v) is 3.38. The van der Waals surface area contributed by atoms with Gasteiger partial charge in [-0.15, -0.1) is 0 Å². The summed E-state index contributed by atoms with van der Waals surface area (Å²) in [5.41, 5.74) is -0.617. The van der Waals surface area contributed by atoms with E-state index in [1.165, 1.54) is 0 Å². The summed E-state index contributed by atoms with van der Waals surface area (Å²) in [6.07, 6.45) is 2.92. The number of rotatable bonds is 3. The maximum atomic E-state index is 10.6. The van der Waals surface area contributed by atoms with Crippen LogP contribution in [0.1, 0.15) is 59.8 Å². The number of hydrogen-bond donors (Lipinski definition) is 2. The van der Waals surface area contributed by atoms with Crippen LogP contribution in [0.15, 0.2) is 0 Å². The van der Waals surface area contributed by atoms with Crippen molar-refractivity contribution >= 4 is 5.97 Å². The van der Waals surface area contributed by atoms with Crippen molar-refractivity contribution in [2.24, 2.45) is 10.8 Å². The van der Waals surface area contributed by atoms with Crippen molar-refractivity contribution in [1.82, 2.24) is 0 Å². The van der Waals surface area contributed by atoms with Crippen molar-refractivity contribution in [3.05, 3.63) is 0 Å². The van der Waals surface area contributed by atoms with Crippen LogP contribution in [-0.2, 0) is 4.79 Å². The van der Waals surface area contributed by atoms with Crippen LogP contribution in [0.4, 0.5) is 0 Å². The van der Waals surface area contributed by atoms with Crippen LogP contribution in [0.5, 0.6) is 0 Å². The van der Waals surface area contributed by atoms with Gasteiger partial charge in [-0.05, 0) is 36.5 Å². The van der Waals surface area contributed by atoms with Gasteiger partial charge in [0.2, 0.25) is 0 Å². The van der Waals surface area contributed by atoms with E-state index in [9.17, 15) is 9.90 Å². The van der Waals surface area contributed by atoms with Crippen molar-refractivity contribution in [3.8, 4) is 0 Å². The first-order chi connectivity index (χ1) is 7.04. The van der Waals surface area contributed by atoms with E-state index in [4.69, 9.17) is 5.11 Å². The van der Waals surface area contributed by atoms with Crippen LogP contribution >= 0.6 is 0 Å². The summed E-state index contributed by atoms with van der Waals surface area (Å²) in [7, 11) is 0. The summed E-state index contributed by atoms with van der Waals surface area (Å²) in [5, 5.41) is 19.2. The fourth-order valence-electron chi connectivity index (χ4n) is 3.78. The van der Waals surface area contributed by atoms with Crippen LogP contribution < -0.4 is 0 Å². The largest absolute Gasteiger partial charge is 0.481 e. The minimum absolute atomic E-state index is 0.0582. The molecule has 0 atom stereocenters. The number of aliphatic carboxylic acids is 1. The predicted octanol–water partition coefficient (Wildman–Crippen LogP) is 2.82. The fourth-order valence-corrected chi connectivity index (χ4v) is 3.78.